The Balaban J connectivity index is 1.80. The van der Waals surface area contributed by atoms with Gasteiger partial charge in [0, 0.05) is 11.7 Å². The summed E-state index contributed by atoms with van der Waals surface area (Å²) in [4.78, 5) is 0. The van der Waals surface area contributed by atoms with Crippen LogP contribution in [0.25, 0.3) is 5.69 Å². The van der Waals surface area contributed by atoms with Gasteiger partial charge in [0.15, 0.2) is 0 Å². The summed E-state index contributed by atoms with van der Waals surface area (Å²) in [5, 5.41) is 20.6. The van der Waals surface area contributed by atoms with Gasteiger partial charge < -0.3 is 10.4 Å². The summed E-state index contributed by atoms with van der Waals surface area (Å²) in [6, 6.07) is 15.4. The fourth-order valence-corrected chi connectivity index (χ4v) is 2.22. The third-order valence-corrected chi connectivity index (χ3v) is 3.32. The van der Waals surface area contributed by atoms with Gasteiger partial charge in [-0.05, 0) is 42.8 Å². The van der Waals surface area contributed by atoms with Crippen molar-refractivity contribution in [1.29, 1.82) is 0 Å². The van der Waals surface area contributed by atoms with Crippen LogP contribution in [-0.4, -0.2) is 19.9 Å². The summed E-state index contributed by atoms with van der Waals surface area (Å²) in [5.74, 6) is 0.277. The van der Waals surface area contributed by atoms with Crippen LogP contribution < -0.4 is 5.32 Å². The van der Waals surface area contributed by atoms with E-state index in [1.165, 1.54) is 0 Å². The lowest BCUT2D eigenvalue weighted by Gasteiger charge is -2.16. The second-order valence-electron chi connectivity index (χ2n) is 4.88. The number of hydrogen-bond donors (Lipinski definition) is 2. The van der Waals surface area contributed by atoms with Crippen LogP contribution in [0.3, 0.4) is 0 Å². The smallest absolute Gasteiger partial charge is 0.123 e. The molecule has 1 atom stereocenters. The number of phenolic OH excluding ortho intramolecular Hbond substituents is 1. The molecule has 0 aliphatic rings. The minimum Gasteiger partial charge on any atom is -0.508 e. The van der Waals surface area contributed by atoms with Gasteiger partial charge in [0.05, 0.1) is 5.69 Å². The van der Waals surface area contributed by atoms with Crippen molar-refractivity contribution < 1.29 is 5.11 Å². The van der Waals surface area contributed by atoms with E-state index in [9.17, 15) is 5.11 Å². The van der Waals surface area contributed by atoms with Crippen molar-refractivity contribution in [2.45, 2.75) is 13.0 Å². The molecule has 0 spiro atoms. The van der Waals surface area contributed by atoms with E-state index < -0.39 is 0 Å². The lowest BCUT2D eigenvalue weighted by Crippen LogP contribution is -2.06. The lowest BCUT2D eigenvalue weighted by molar-refractivity contribution is 0.474. The first kappa shape index (κ1) is 13.2. The first-order chi connectivity index (χ1) is 10.2. The first-order valence-electron chi connectivity index (χ1n) is 6.73. The first-order valence-corrected chi connectivity index (χ1v) is 6.73. The van der Waals surface area contributed by atoms with Crippen LogP contribution in [0.15, 0.2) is 61.2 Å². The highest BCUT2D eigenvalue weighted by atomic mass is 16.3. The van der Waals surface area contributed by atoms with E-state index in [2.05, 4.69) is 22.4 Å². The molecule has 5 nitrogen and oxygen atoms in total. The number of anilines is 1. The second-order valence-corrected chi connectivity index (χ2v) is 4.88. The van der Waals surface area contributed by atoms with Gasteiger partial charge >= 0.3 is 0 Å². The quantitative estimate of drug-likeness (QED) is 0.770. The molecule has 3 rings (SSSR count). The number of aromatic nitrogens is 3. The highest BCUT2D eigenvalue weighted by Crippen LogP contribution is 2.23. The van der Waals surface area contributed by atoms with Crippen LogP contribution in [0.4, 0.5) is 5.69 Å². The van der Waals surface area contributed by atoms with Crippen LogP contribution in [0.1, 0.15) is 18.5 Å². The third-order valence-electron chi connectivity index (χ3n) is 3.32. The summed E-state index contributed by atoms with van der Waals surface area (Å²) in [5.41, 5.74) is 3.02. The normalized spacial score (nSPS) is 12.0. The number of benzene rings is 2. The molecule has 1 aromatic heterocycles. The summed E-state index contributed by atoms with van der Waals surface area (Å²) >= 11 is 0. The van der Waals surface area contributed by atoms with Crippen LogP contribution in [0.2, 0.25) is 0 Å². The predicted octanol–water partition coefficient (Wildman–Crippen LogP) is 3.15. The molecular weight excluding hydrogens is 264 g/mol. The Bertz CT molecular complexity index is 725. The largest absolute Gasteiger partial charge is 0.508 e. The van der Waals surface area contributed by atoms with Crippen LogP contribution in [-0.2, 0) is 0 Å². The Kier molecular flexibility index (Phi) is 3.55. The molecule has 5 heteroatoms. The van der Waals surface area contributed by atoms with Gasteiger partial charge in [-0.15, -0.1) is 10.2 Å². The van der Waals surface area contributed by atoms with Gasteiger partial charge in [0.25, 0.3) is 0 Å². The zero-order valence-corrected chi connectivity index (χ0v) is 11.6. The van der Waals surface area contributed by atoms with Gasteiger partial charge in [-0.1, -0.05) is 18.2 Å². The number of phenols is 1. The number of nitrogens with zero attached hydrogens (tertiary/aromatic N) is 3. The average molecular weight is 280 g/mol. The molecule has 0 radical (unpaired) electrons. The highest BCUT2D eigenvalue weighted by molar-refractivity contribution is 5.52. The Labute approximate surface area is 122 Å². The monoisotopic (exact) mass is 280 g/mol. The van der Waals surface area contributed by atoms with E-state index in [1.807, 2.05) is 41.0 Å². The molecule has 1 unspecified atom stereocenters. The standard InChI is InChI=1S/C16H16N4O/c1-12(13-4-2-7-16(21)8-13)19-14-5-3-6-15(9-14)20-10-17-18-11-20/h2-12,19,21H,1H3. The van der Waals surface area contributed by atoms with Crippen molar-refractivity contribution in [2.24, 2.45) is 0 Å². The van der Waals surface area contributed by atoms with Gasteiger partial charge in [0.2, 0.25) is 0 Å². The molecule has 0 aliphatic carbocycles. The molecule has 0 fully saturated rings. The van der Waals surface area contributed by atoms with Crippen molar-refractivity contribution in [3.63, 3.8) is 0 Å². The minimum absolute atomic E-state index is 0.0910. The Morgan fingerprint density at radius 1 is 1.05 bits per heavy atom. The average Bonchev–Trinajstić information content (AvgIpc) is 3.02. The van der Waals surface area contributed by atoms with E-state index >= 15 is 0 Å². The molecule has 1 heterocycles. The van der Waals surface area contributed by atoms with E-state index in [0.717, 1.165) is 16.9 Å². The van der Waals surface area contributed by atoms with Crippen molar-refractivity contribution in [3.05, 3.63) is 66.7 Å². The van der Waals surface area contributed by atoms with E-state index in [0.29, 0.717) is 0 Å². The predicted molar refractivity (Wildman–Crippen MR) is 81.5 cm³/mol. The fraction of sp³-hybridized carbons (Fsp3) is 0.125. The van der Waals surface area contributed by atoms with Crippen molar-refractivity contribution in [3.8, 4) is 11.4 Å². The summed E-state index contributed by atoms with van der Waals surface area (Å²) in [6.07, 6.45) is 3.33. The van der Waals surface area contributed by atoms with Crippen molar-refractivity contribution in [2.75, 3.05) is 5.32 Å². The van der Waals surface area contributed by atoms with Gasteiger partial charge in [-0.3, -0.25) is 4.57 Å². The number of hydrogen-bond acceptors (Lipinski definition) is 4. The summed E-state index contributed by atoms with van der Waals surface area (Å²) < 4.78 is 1.85. The van der Waals surface area contributed by atoms with Gasteiger partial charge in [-0.2, -0.15) is 0 Å². The third kappa shape index (κ3) is 3.02. The van der Waals surface area contributed by atoms with Crippen LogP contribution in [0.5, 0.6) is 5.75 Å². The van der Waals surface area contributed by atoms with Gasteiger partial charge in [0.1, 0.15) is 18.4 Å². The Hall–Kier alpha value is -2.82. The number of rotatable bonds is 4. The van der Waals surface area contributed by atoms with Crippen LogP contribution >= 0.6 is 0 Å². The topological polar surface area (TPSA) is 63.0 Å². The molecule has 0 amide bonds. The SMILES string of the molecule is CC(Nc1cccc(-n2cnnc2)c1)c1cccc(O)c1. The maximum atomic E-state index is 9.55. The molecule has 2 N–H and O–H groups in total. The zero-order chi connectivity index (χ0) is 14.7. The van der Waals surface area contributed by atoms with Crippen molar-refractivity contribution >= 4 is 5.69 Å². The molecule has 21 heavy (non-hydrogen) atoms. The Morgan fingerprint density at radius 3 is 2.57 bits per heavy atom. The van der Waals surface area contributed by atoms with Crippen LogP contribution in [0, 0.1) is 0 Å². The molecule has 106 valence electrons. The molecular formula is C16H16N4O. The lowest BCUT2D eigenvalue weighted by atomic mass is 10.1. The second kappa shape index (κ2) is 5.66. The molecule has 0 saturated heterocycles. The van der Waals surface area contributed by atoms with Crippen molar-refractivity contribution in [1.82, 2.24) is 14.8 Å². The fourth-order valence-electron chi connectivity index (χ4n) is 2.22. The zero-order valence-electron chi connectivity index (χ0n) is 11.6. The molecule has 0 bridgehead atoms. The molecule has 0 saturated carbocycles. The van der Waals surface area contributed by atoms with E-state index in [1.54, 1.807) is 24.8 Å². The maximum Gasteiger partial charge on any atom is 0.123 e. The summed E-state index contributed by atoms with van der Waals surface area (Å²) in [6.45, 7) is 2.06. The maximum absolute atomic E-state index is 9.55. The number of aromatic hydroxyl groups is 1. The molecule has 0 aliphatic heterocycles. The molecule has 3 aromatic rings. The minimum atomic E-state index is 0.0910. The Morgan fingerprint density at radius 2 is 1.81 bits per heavy atom. The number of nitrogens with one attached hydrogen (secondary N) is 1. The van der Waals surface area contributed by atoms with E-state index in [-0.39, 0.29) is 11.8 Å². The van der Waals surface area contributed by atoms with E-state index in [4.69, 9.17) is 0 Å². The molecule has 2 aromatic carbocycles. The summed E-state index contributed by atoms with van der Waals surface area (Å²) in [7, 11) is 0. The van der Waals surface area contributed by atoms with Gasteiger partial charge in [-0.25, -0.2) is 0 Å². The highest BCUT2D eigenvalue weighted by Gasteiger charge is 2.06.